The van der Waals surface area contributed by atoms with Crippen molar-refractivity contribution in [2.24, 2.45) is 0 Å². The molecule has 1 aromatic rings. The third-order valence-corrected chi connectivity index (χ3v) is 3.37. The minimum absolute atomic E-state index is 0.0180. The predicted molar refractivity (Wildman–Crippen MR) is 83.0 cm³/mol. The number of benzene rings is 1. The predicted octanol–water partition coefficient (Wildman–Crippen LogP) is 1.10. The maximum absolute atomic E-state index is 11.8. The van der Waals surface area contributed by atoms with Gasteiger partial charge in [-0.15, -0.1) is 0 Å². The fourth-order valence-corrected chi connectivity index (χ4v) is 2.18. The number of hydrogen-bond acceptors (Lipinski definition) is 5. The number of nitrogens with one attached hydrogen (secondary N) is 2. The molecule has 0 unspecified atom stereocenters. The molecule has 0 aliphatic carbocycles. The number of ether oxygens (including phenoxy) is 2. The van der Waals surface area contributed by atoms with E-state index in [4.69, 9.17) is 9.47 Å². The van der Waals surface area contributed by atoms with Crippen molar-refractivity contribution in [3.8, 4) is 0 Å². The molecule has 1 aliphatic heterocycles. The molecule has 0 radical (unpaired) electrons. The Balaban J connectivity index is 1.81. The topological polar surface area (TPSA) is 93.7 Å². The number of esters is 1. The van der Waals surface area contributed by atoms with E-state index in [1.54, 1.807) is 6.92 Å². The first-order valence-electron chi connectivity index (χ1n) is 7.58. The summed E-state index contributed by atoms with van der Waals surface area (Å²) in [6.45, 7) is 3.04. The summed E-state index contributed by atoms with van der Waals surface area (Å²) in [5.74, 6) is -1.90. The van der Waals surface area contributed by atoms with Crippen molar-refractivity contribution in [3.05, 3.63) is 29.8 Å². The normalized spacial score (nSPS) is 16.7. The van der Waals surface area contributed by atoms with E-state index in [-0.39, 0.29) is 6.10 Å². The molecule has 0 spiro atoms. The highest BCUT2D eigenvalue weighted by Gasteiger charge is 2.19. The first kappa shape index (κ1) is 17.0. The number of carbonyl (C=O) groups is 3. The Labute approximate surface area is 134 Å². The molecule has 1 aliphatic rings. The molecule has 1 aromatic carbocycles. The Morgan fingerprint density at radius 2 is 1.96 bits per heavy atom. The summed E-state index contributed by atoms with van der Waals surface area (Å²) < 4.78 is 10.2. The highest BCUT2D eigenvalue weighted by atomic mass is 16.5. The Hall–Kier alpha value is -2.41. The molecule has 1 heterocycles. The van der Waals surface area contributed by atoms with Gasteiger partial charge in [-0.25, -0.2) is 4.79 Å². The maximum Gasteiger partial charge on any atom is 0.338 e. The lowest BCUT2D eigenvalue weighted by atomic mass is 10.2. The molecule has 0 aromatic heterocycles. The van der Waals surface area contributed by atoms with Crippen LogP contribution in [0.1, 0.15) is 30.1 Å². The van der Waals surface area contributed by atoms with E-state index < -0.39 is 17.8 Å². The van der Waals surface area contributed by atoms with Crippen LogP contribution < -0.4 is 10.6 Å². The van der Waals surface area contributed by atoms with E-state index in [9.17, 15) is 14.4 Å². The second-order valence-corrected chi connectivity index (χ2v) is 5.10. The minimum atomic E-state index is -0.758. The van der Waals surface area contributed by atoms with Gasteiger partial charge in [-0.05, 0) is 44.0 Å². The molecule has 2 rings (SSSR count). The van der Waals surface area contributed by atoms with Gasteiger partial charge in [0.25, 0.3) is 0 Å². The lowest BCUT2D eigenvalue weighted by molar-refractivity contribution is -0.136. The van der Waals surface area contributed by atoms with E-state index in [2.05, 4.69) is 10.6 Å². The summed E-state index contributed by atoms with van der Waals surface area (Å²) in [4.78, 5) is 35.0. The van der Waals surface area contributed by atoms with Crippen molar-refractivity contribution in [2.45, 2.75) is 25.9 Å². The lowest BCUT2D eigenvalue weighted by Crippen LogP contribution is -2.39. The zero-order valence-corrected chi connectivity index (χ0v) is 13.0. The van der Waals surface area contributed by atoms with Gasteiger partial charge in [0.15, 0.2) is 0 Å². The van der Waals surface area contributed by atoms with E-state index in [0.717, 1.165) is 12.8 Å². The number of carbonyl (C=O) groups excluding carboxylic acids is 3. The fourth-order valence-electron chi connectivity index (χ4n) is 2.18. The van der Waals surface area contributed by atoms with Crippen molar-refractivity contribution < 1.29 is 23.9 Å². The molecule has 23 heavy (non-hydrogen) atoms. The van der Waals surface area contributed by atoms with Crippen LogP contribution in [0.25, 0.3) is 0 Å². The molecule has 124 valence electrons. The summed E-state index contributed by atoms with van der Waals surface area (Å²) >= 11 is 0. The number of rotatable bonds is 5. The summed E-state index contributed by atoms with van der Waals surface area (Å²) in [7, 11) is 0. The number of hydrogen-bond donors (Lipinski definition) is 2. The number of anilines is 1. The van der Waals surface area contributed by atoms with Gasteiger partial charge < -0.3 is 20.1 Å². The molecule has 1 fully saturated rings. The van der Waals surface area contributed by atoms with E-state index >= 15 is 0 Å². The quantitative estimate of drug-likeness (QED) is 0.626. The lowest BCUT2D eigenvalue weighted by Gasteiger charge is -2.11. The molecular formula is C16H20N2O5. The van der Waals surface area contributed by atoms with E-state index in [1.807, 2.05) is 0 Å². The highest BCUT2D eigenvalue weighted by molar-refractivity contribution is 6.39. The van der Waals surface area contributed by atoms with Gasteiger partial charge in [0.05, 0.1) is 18.3 Å². The van der Waals surface area contributed by atoms with Crippen LogP contribution in [0.5, 0.6) is 0 Å². The average Bonchev–Trinajstić information content (AvgIpc) is 3.07. The molecule has 1 atom stereocenters. The summed E-state index contributed by atoms with van der Waals surface area (Å²) in [6.07, 6.45) is 1.84. The van der Waals surface area contributed by atoms with Gasteiger partial charge >= 0.3 is 17.8 Å². The van der Waals surface area contributed by atoms with Crippen LogP contribution in [0, 0.1) is 0 Å². The van der Waals surface area contributed by atoms with Gasteiger partial charge in [-0.3, -0.25) is 9.59 Å². The van der Waals surface area contributed by atoms with Crippen LogP contribution in [0.15, 0.2) is 24.3 Å². The smallest absolute Gasteiger partial charge is 0.338 e. The summed E-state index contributed by atoms with van der Waals surface area (Å²) in [6, 6.07) is 6.13. The van der Waals surface area contributed by atoms with Crippen molar-refractivity contribution in [1.29, 1.82) is 0 Å². The van der Waals surface area contributed by atoms with Crippen LogP contribution in [-0.4, -0.2) is 43.6 Å². The van der Waals surface area contributed by atoms with Gasteiger partial charge in [0.2, 0.25) is 0 Å². The Kier molecular flexibility index (Phi) is 6.10. The van der Waals surface area contributed by atoms with Gasteiger partial charge in [-0.1, -0.05) is 0 Å². The first-order chi connectivity index (χ1) is 11.1. The Bertz CT molecular complexity index is 564. The third-order valence-electron chi connectivity index (χ3n) is 3.37. The van der Waals surface area contributed by atoms with Gasteiger partial charge in [0, 0.05) is 18.8 Å². The first-order valence-corrected chi connectivity index (χ1v) is 7.58. The zero-order chi connectivity index (χ0) is 16.7. The highest BCUT2D eigenvalue weighted by Crippen LogP contribution is 2.11. The summed E-state index contributed by atoms with van der Waals surface area (Å²) in [5, 5.41) is 5.01. The standard InChI is InChI=1S/C16H20N2O5/c1-2-22-16(21)11-5-7-12(8-6-11)18-15(20)14(19)17-10-13-4-3-9-23-13/h5-8,13H,2-4,9-10H2,1H3,(H,17,19)(H,18,20)/t13-/m1/s1. The van der Waals surface area contributed by atoms with Crippen molar-refractivity contribution in [1.82, 2.24) is 5.32 Å². The van der Waals surface area contributed by atoms with Crippen molar-refractivity contribution in [2.75, 3.05) is 25.1 Å². The van der Waals surface area contributed by atoms with E-state index in [1.165, 1.54) is 24.3 Å². The molecule has 1 saturated heterocycles. The van der Waals surface area contributed by atoms with Crippen LogP contribution in [0.2, 0.25) is 0 Å². The van der Waals surface area contributed by atoms with E-state index in [0.29, 0.717) is 31.0 Å². The SMILES string of the molecule is CCOC(=O)c1ccc(NC(=O)C(=O)NC[C@H]2CCCO2)cc1. The van der Waals surface area contributed by atoms with Crippen LogP contribution >= 0.6 is 0 Å². The largest absolute Gasteiger partial charge is 0.462 e. The second kappa shape index (κ2) is 8.28. The van der Waals surface area contributed by atoms with Crippen molar-refractivity contribution >= 4 is 23.5 Å². The fraction of sp³-hybridized carbons (Fsp3) is 0.438. The second-order valence-electron chi connectivity index (χ2n) is 5.10. The molecule has 2 amide bonds. The molecular weight excluding hydrogens is 300 g/mol. The zero-order valence-electron chi connectivity index (χ0n) is 13.0. The molecule has 0 bridgehead atoms. The number of amides is 2. The summed E-state index contributed by atoms with van der Waals surface area (Å²) in [5.41, 5.74) is 0.808. The van der Waals surface area contributed by atoms with Gasteiger partial charge in [0.1, 0.15) is 0 Å². The molecule has 2 N–H and O–H groups in total. The van der Waals surface area contributed by atoms with Gasteiger partial charge in [-0.2, -0.15) is 0 Å². The monoisotopic (exact) mass is 320 g/mol. The minimum Gasteiger partial charge on any atom is -0.462 e. The molecule has 0 saturated carbocycles. The van der Waals surface area contributed by atoms with Crippen LogP contribution in [0.4, 0.5) is 5.69 Å². The van der Waals surface area contributed by atoms with Crippen LogP contribution in [-0.2, 0) is 19.1 Å². The van der Waals surface area contributed by atoms with Crippen LogP contribution in [0.3, 0.4) is 0 Å². The Morgan fingerprint density at radius 3 is 2.57 bits per heavy atom. The molecule has 7 heteroatoms. The maximum atomic E-state index is 11.8. The average molecular weight is 320 g/mol. The molecule has 7 nitrogen and oxygen atoms in total. The third kappa shape index (κ3) is 5.07. The Morgan fingerprint density at radius 1 is 1.22 bits per heavy atom. The van der Waals surface area contributed by atoms with Crippen molar-refractivity contribution in [3.63, 3.8) is 0 Å².